The van der Waals surface area contributed by atoms with Crippen molar-refractivity contribution >= 4 is 11.9 Å². The molecule has 0 atom stereocenters. The van der Waals surface area contributed by atoms with Crippen molar-refractivity contribution in [2.75, 3.05) is 13.2 Å². The first-order valence-corrected chi connectivity index (χ1v) is 5.44. The van der Waals surface area contributed by atoms with Crippen LogP contribution in [0.25, 0.3) is 0 Å². The van der Waals surface area contributed by atoms with Crippen LogP contribution in [0.1, 0.15) is 13.3 Å². The number of hydrogen-bond acceptors (Lipinski definition) is 4. The third-order valence-electron chi connectivity index (χ3n) is 1.97. The molecular weight excluding hydrogens is 310 g/mol. The molecule has 0 aromatic carbocycles. The predicted octanol–water partition coefficient (Wildman–Crippen LogP) is 2.57. The first-order valence-electron chi connectivity index (χ1n) is 5.44. The molecule has 21 heavy (non-hydrogen) atoms. The molecule has 10 heteroatoms. The summed E-state index contributed by atoms with van der Waals surface area (Å²) in [5.74, 6) is -13.1. The van der Waals surface area contributed by atoms with Gasteiger partial charge in [0.1, 0.15) is 13.2 Å². The van der Waals surface area contributed by atoms with Gasteiger partial charge in [0.15, 0.2) is 0 Å². The van der Waals surface area contributed by atoms with E-state index in [0.717, 1.165) is 0 Å². The fraction of sp³-hybridized carbons (Fsp3) is 0.636. The highest BCUT2D eigenvalue weighted by Crippen LogP contribution is 2.35. The van der Waals surface area contributed by atoms with Crippen LogP contribution in [0.3, 0.4) is 0 Å². The third kappa shape index (κ3) is 6.50. The van der Waals surface area contributed by atoms with E-state index in [-0.39, 0.29) is 5.57 Å². The molecule has 0 saturated carbocycles. The molecule has 0 aromatic rings. The van der Waals surface area contributed by atoms with Crippen LogP contribution in [-0.2, 0) is 19.1 Å². The molecule has 4 nitrogen and oxygen atoms in total. The van der Waals surface area contributed by atoms with Crippen LogP contribution in [0.2, 0.25) is 0 Å². The molecule has 0 N–H and O–H groups in total. The van der Waals surface area contributed by atoms with Crippen molar-refractivity contribution in [3.63, 3.8) is 0 Å². The van der Waals surface area contributed by atoms with Gasteiger partial charge < -0.3 is 9.47 Å². The summed E-state index contributed by atoms with van der Waals surface area (Å²) in [6.45, 7) is 3.06. The topological polar surface area (TPSA) is 52.6 Å². The van der Waals surface area contributed by atoms with E-state index in [1.165, 1.54) is 6.92 Å². The maximum atomic E-state index is 13.0. The molecule has 0 bridgehead atoms. The van der Waals surface area contributed by atoms with E-state index in [1.807, 2.05) is 0 Å². The molecule has 0 fully saturated rings. The van der Waals surface area contributed by atoms with Crippen LogP contribution >= 0.6 is 0 Å². The highest BCUT2D eigenvalue weighted by molar-refractivity contribution is 5.86. The van der Waals surface area contributed by atoms with E-state index in [4.69, 9.17) is 0 Å². The Kier molecular flexibility index (Phi) is 6.71. The van der Waals surface area contributed by atoms with E-state index >= 15 is 0 Å². The lowest BCUT2D eigenvalue weighted by Gasteiger charge is -2.21. The standard InChI is InChI=1S/C11H12F6O4/c1-6(2)7(18)20-3-4-21-9(19)11(16,17)5-10(14,15)8(12)13/h8H,1,3-5H2,2H3. The molecule has 0 aliphatic heterocycles. The number of ether oxygens (including phenoxy) is 2. The number of rotatable bonds is 8. The Morgan fingerprint density at radius 2 is 1.57 bits per heavy atom. The summed E-state index contributed by atoms with van der Waals surface area (Å²) in [6.07, 6.45) is -7.02. The fourth-order valence-electron chi connectivity index (χ4n) is 0.943. The Bertz CT molecular complexity index is 408. The third-order valence-corrected chi connectivity index (χ3v) is 1.97. The maximum Gasteiger partial charge on any atom is 0.377 e. The maximum absolute atomic E-state index is 13.0. The van der Waals surface area contributed by atoms with Gasteiger partial charge in [-0.1, -0.05) is 6.58 Å². The Morgan fingerprint density at radius 3 is 2.00 bits per heavy atom. The van der Waals surface area contributed by atoms with Gasteiger partial charge in [0.05, 0.1) is 6.42 Å². The van der Waals surface area contributed by atoms with Crippen molar-refractivity contribution in [1.29, 1.82) is 0 Å². The first-order chi connectivity index (χ1) is 9.40. The fourth-order valence-corrected chi connectivity index (χ4v) is 0.943. The molecule has 0 saturated heterocycles. The SMILES string of the molecule is C=C(C)C(=O)OCCOC(=O)C(F)(F)CC(F)(F)C(F)F. The van der Waals surface area contributed by atoms with Gasteiger partial charge in [0.2, 0.25) is 0 Å². The zero-order valence-corrected chi connectivity index (χ0v) is 10.8. The normalized spacial score (nSPS) is 12.2. The van der Waals surface area contributed by atoms with Crippen molar-refractivity contribution in [3.05, 3.63) is 12.2 Å². The zero-order valence-electron chi connectivity index (χ0n) is 10.8. The molecule has 0 radical (unpaired) electrons. The quantitative estimate of drug-likeness (QED) is 0.298. The Balaban J connectivity index is 4.32. The number of alkyl halides is 6. The van der Waals surface area contributed by atoms with Crippen LogP contribution in [0, 0.1) is 0 Å². The molecule has 0 aromatic heterocycles. The largest absolute Gasteiger partial charge is 0.459 e. The molecule has 0 rings (SSSR count). The van der Waals surface area contributed by atoms with Crippen LogP contribution in [0.15, 0.2) is 12.2 Å². The first kappa shape index (κ1) is 19.3. The molecule has 0 aliphatic carbocycles. The van der Waals surface area contributed by atoms with Crippen molar-refractivity contribution < 1.29 is 45.4 Å². The average Bonchev–Trinajstić information content (AvgIpc) is 2.32. The second-order valence-corrected chi connectivity index (χ2v) is 4.00. The monoisotopic (exact) mass is 322 g/mol. The molecule has 0 amide bonds. The van der Waals surface area contributed by atoms with Crippen molar-refractivity contribution in [2.24, 2.45) is 0 Å². The van der Waals surface area contributed by atoms with Crippen LogP contribution in [-0.4, -0.2) is 43.4 Å². The molecule has 0 aliphatic rings. The van der Waals surface area contributed by atoms with E-state index < -0.39 is 49.8 Å². The lowest BCUT2D eigenvalue weighted by molar-refractivity contribution is -0.203. The van der Waals surface area contributed by atoms with Gasteiger partial charge in [-0.05, 0) is 6.92 Å². The number of halogens is 6. The summed E-state index contributed by atoms with van der Waals surface area (Å²) in [5, 5.41) is 0. The lowest BCUT2D eigenvalue weighted by atomic mass is 10.1. The Morgan fingerprint density at radius 1 is 1.10 bits per heavy atom. The number of carbonyl (C=O) groups is 2. The number of carbonyl (C=O) groups excluding carboxylic acids is 2. The van der Waals surface area contributed by atoms with Gasteiger partial charge in [0.25, 0.3) is 0 Å². The van der Waals surface area contributed by atoms with Gasteiger partial charge in [-0.2, -0.15) is 8.78 Å². The van der Waals surface area contributed by atoms with Gasteiger partial charge >= 0.3 is 30.2 Å². The summed E-state index contributed by atoms with van der Waals surface area (Å²) >= 11 is 0. The minimum Gasteiger partial charge on any atom is -0.459 e. The van der Waals surface area contributed by atoms with Gasteiger partial charge in [-0.3, -0.25) is 0 Å². The minimum absolute atomic E-state index is 0.00299. The second-order valence-electron chi connectivity index (χ2n) is 4.00. The summed E-state index contributed by atoms with van der Waals surface area (Å²) < 4.78 is 82.7. The summed E-state index contributed by atoms with van der Waals surface area (Å²) in [4.78, 5) is 21.7. The van der Waals surface area contributed by atoms with E-state index in [0.29, 0.717) is 0 Å². The van der Waals surface area contributed by atoms with E-state index in [2.05, 4.69) is 16.1 Å². The smallest absolute Gasteiger partial charge is 0.377 e. The molecular formula is C11H12F6O4. The van der Waals surface area contributed by atoms with Crippen LogP contribution < -0.4 is 0 Å². The summed E-state index contributed by atoms with van der Waals surface area (Å²) in [7, 11) is 0. The van der Waals surface area contributed by atoms with Crippen molar-refractivity contribution in [1.82, 2.24) is 0 Å². The van der Waals surface area contributed by atoms with Gasteiger partial charge in [-0.15, -0.1) is 0 Å². The zero-order chi connectivity index (χ0) is 16.8. The molecule has 0 spiro atoms. The highest BCUT2D eigenvalue weighted by Gasteiger charge is 2.54. The van der Waals surface area contributed by atoms with E-state index in [1.54, 1.807) is 0 Å². The molecule has 0 unspecified atom stereocenters. The molecule has 0 heterocycles. The summed E-state index contributed by atoms with van der Waals surface area (Å²) in [5.41, 5.74) is 0.00299. The lowest BCUT2D eigenvalue weighted by Crippen LogP contribution is -2.41. The molecule has 122 valence electrons. The average molecular weight is 322 g/mol. The summed E-state index contributed by atoms with van der Waals surface area (Å²) in [6, 6.07) is 0. The predicted molar refractivity (Wildman–Crippen MR) is 57.2 cm³/mol. The number of hydrogen-bond donors (Lipinski definition) is 0. The van der Waals surface area contributed by atoms with Gasteiger partial charge in [-0.25, -0.2) is 27.2 Å². The van der Waals surface area contributed by atoms with E-state index in [9.17, 15) is 35.9 Å². The minimum atomic E-state index is -5.03. The Labute approximate surface area is 115 Å². The second kappa shape index (κ2) is 7.32. The van der Waals surface area contributed by atoms with Crippen LogP contribution in [0.5, 0.6) is 0 Å². The number of esters is 2. The van der Waals surface area contributed by atoms with Crippen LogP contribution in [0.4, 0.5) is 26.3 Å². The van der Waals surface area contributed by atoms with Crippen molar-refractivity contribution in [2.45, 2.75) is 31.6 Å². The van der Waals surface area contributed by atoms with Gasteiger partial charge in [0, 0.05) is 5.57 Å². The Hall–Kier alpha value is -1.74. The van der Waals surface area contributed by atoms with Crippen molar-refractivity contribution in [3.8, 4) is 0 Å². The highest BCUT2D eigenvalue weighted by atomic mass is 19.3.